The molecule has 0 aliphatic carbocycles. The molecular formula is C14H16F2N2O2. The third-order valence-corrected chi connectivity index (χ3v) is 2.54. The van der Waals surface area contributed by atoms with E-state index in [0.717, 1.165) is 24.3 Å². The number of nitrogens with zero attached hydrogens (tertiary/aromatic N) is 1. The highest BCUT2D eigenvalue weighted by Crippen LogP contribution is 2.13. The van der Waals surface area contributed by atoms with Crippen LogP contribution in [0.1, 0.15) is 12.0 Å². The molecule has 1 N–H and O–H groups in total. The average molecular weight is 282 g/mol. The van der Waals surface area contributed by atoms with Crippen LogP contribution in [0.4, 0.5) is 8.78 Å². The van der Waals surface area contributed by atoms with Gasteiger partial charge < -0.3 is 10.2 Å². The molecule has 0 atom stereocenters. The fourth-order valence-electron chi connectivity index (χ4n) is 1.40. The van der Waals surface area contributed by atoms with E-state index >= 15 is 0 Å². The van der Waals surface area contributed by atoms with Gasteiger partial charge in [-0.05, 0) is 18.2 Å². The minimum atomic E-state index is -0.739. The summed E-state index contributed by atoms with van der Waals surface area (Å²) in [6, 6.07) is 3.46. The van der Waals surface area contributed by atoms with Crippen molar-refractivity contribution in [3.05, 3.63) is 41.5 Å². The number of carbonyl (C=O) groups excluding carboxylic acids is 2. The van der Waals surface area contributed by atoms with Crippen molar-refractivity contribution in [2.75, 3.05) is 20.6 Å². The maximum absolute atomic E-state index is 13.3. The summed E-state index contributed by atoms with van der Waals surface area (Å²) < 4.78 is 26.5. The van der Waals surface area contributed by atoms with Crippen molar-refractivity contribution in [1.29, 1.82) is 0 Å². The number of nitrogens with one attached hydrogen (secondary N) is 1. The van der Waals surface area contributed by atoms with Crippen LogP contribution in [-0.4, -0.2) is 37.4 Å². The summed E-state index contributed by atoms with van der Waals surface area (Å²) in [6.45, 7) is 0.167. The predicted molar refractivity (Wildman–Crippen MR) is 71.7 cm³/mol. The van der Waals surface area contributed by atoms with Crippen molar-refractivity contribution >= 4 is 17.9 Å². The van der Waals surface area contributed by atoms with Gasteiger partial charge in [0.2, 0.25) is 11.8 Å². The highest BCUT2D eigenvalue weighted by atomic mass is 19.1. The SMILES string of the molecule is CN(C)C(=O)CCNC(=O)/C=C\c1c(F)cccc1F. The van der Waals surface area contributed by atoms with Crippen LogP contribution in [0, 0.1) is 11.6 Å². The van der Waals surface area contributed by atoms with E-state index in [4.69, 9.17) is 0 Å². The van der Waals surface area contributed by atoms with Crippen LogP contribution in [0.15, 0.2) is 24.3 Å². The summed E-state index contributed by atoms with van der Waals surface area (Å²) in [4.78, 5) is 24.1. The molecule has 108 valence electrons. The Hall–Kier alpha value is -2.24. The summed E-state index contributed by atoms with van der Waals surface area (Å²) in [5, 5.41) is 2.46. The molecule has 4 nitrogen and oxygen atoms in total. The maximum Gasteiger partial charge on any atom is 0.244 e. The molecule has 20 heavy (non-hydrogen) atoms. The lowest BCUT2D eigenvalue weighted by atomic mass is 10.2. The highest BCUT2D eigenvalue weighted by Gasteiger charge is 2.06. The van der Waals surface area contributed by atoms with Crippen molar-refractivity contribution in [3.63, 3.8) is 0 Å². The smallest absolute Gasteiger partial charge is 0.244 e. The Morgan fingerprint density at radius 2 is 1.85 bits per heavy atom. The van der Waals surface area contributed by atoms with E-state index < -0.39 is 17.5 Å². The van der Waals surface area contributed by atoms with E-state index in [1.807, 2.05) is 0 Å². The first-order valence-electron chi connectivity index (χ1n) is 6.02. The number of hydrogen-bond acceptors (Lipinski definition) is 2. The molecule has 0 radical (unpaired) electrons. The Labute approximate surface area is 116 Å². The summed E-state index contributed by atoms with van der Waals surface area (Å²) in [5.74, 6) is -2.11. The van der Waals surface area contributed by atoms with Crippen molar-refractivity contribution in [2.45, 2.75) is 6.42 Å². The lowest BCUT2D eigenvalue weighted by molar-refractivity contribution is -0.128. The van der Waals surface area contributed by atoms with Gasteiger partial charge in [0.15, 0.2) is 0 Å². The zero-order chi connectivity index (χ0) is 15.1. The average Bonchev–Trinajstić information content (AvgIpc) is 2.37. The number of benzene rings is 1. The molecule has 0 saturated carbocycles. The molecule has 0 aliphatic rings. The largest absolute Gasteiger partial charge is 0.352 e. The maximum atomic E-state index is 13.3. The number of carbonyl (C=O) groups is 2. The number of hydrogen-bond donors (Lipinski definition) is 1. The van der Waals surface area contributed by atoms with Gasteiger partial charge in [0.1, 0.15) is 11.6 Å². The van der Waals surface area contributed by atoms with Crippen LogP contribution < -0.4 is 5.32 Å². The van der Waals surface area contributed by atoms with Gasteiger partial charge in [0.05, 0.1) is 0 Å². The fraction of sp³-hybridized carbons (Fsp3) is 0.286. The lowest BCUT2D eigenvalue weighted by Gasteiger charge is -2.09. The summed E-state index contributed by atoms with van der Waals surface area (Å²) in [6.07, 6.45) is 2.26. The van der Waals surface area contributed by atoms with Gasteiger partial charge in [-0.1, -0.05) is 6.07 Å². The molecule has 0 aliphatic heterocycles. The molecule has 0 aromatic heterocycles. The standard InChI is InChI=1S/C14H16F2N2O2/c1-18(2)14(20)8-9-17-13(19)7-6-10-11(15)4-3-5-12(10)16/h3-7H,8-9H2,1-2H3,(H,17,19)/b7-6-. The van der Waals surface area contributed by atoms with E-state index in [2.05, 4.69) is 5.32 Å². The monoisotopic (exact) mass is 282 g/mol. The van der Waals surface area contributed by atoms with E-state index in [1.54, 1.807) is 14.1 Å². The zero-order valence-electron chi connectivity index (χ0n) is 11.3. The Bertz CT molecular complexity index is 508. The number of rotatable bonds is 5. The quantitative estimate of drug-likeness (QED) is 0.833. The molecule has 0 fully saturated rings. The summed E-state index contributed by atoms with van der Waals surface area (Å²) in [7, 11) is 3.23. The molecule has 1 aromatic rings. The molecule has 0 unspecified atom stereocenters. The van der Waals surface area contributed by atoms with Crippen LogP contribution in [0.2, 0.25) is 0 Å². The minimum absolute atomic E-state index is 0.116. The molecule has 1 aromatic carbocycles. The fourth-order valence-corrected chi connectivity index (χ4v) is 1.40. The van der Waals surface area contributed by atoms with Crippen molar-refractivity contribution in [2.24, 2.45) is 0 Å². The van der Waals surface area contributed by atoms with Crippen molar-refractivity contribution < 1.29 is 18.4 Å². The Morgan fingerprint density at radius 1 is 1.25 bits per heavy atom. The van der Waals surface area contributed by atoms with Gasteiger partial charge in [-0.15, -0.1) is 0 Å². The molecule has 0 saturated heterocycles. The van der Waals surface area contributed by atoms with Gasteiger partial charge in [0.25, 0.3) is 0 Å². The lowest BCUT2D eigenvalue weighted by Crippen LogP contribution is -2.29. The molecule has 6 heteroatoms. The topological polar surface area (TPSA) is 49.4 Å². The van der Waals surface area contributed by atoms with E-state index in [9.17, 15) is 18.4 Å². The van der Waals surface area contributed by atoms with Crippen LogP contribution in [0.3, 0.4) is 0 Å². The molecular weight excluding hydrogens is 266 g/mol. The van der Waals surface area contributed by atoms with Crippen LogP contribution in [-0.2, 0) is 9.59 Å². The van der Waals surface area contributed by atoms with Gasteiger partial charge in [-0.2, -0.15) is 0 Å². The predicted octanol–water partition coefficient (Wildman–Crippen LogP) is 1.57. The van der Waals surface area contributed by atoms with Crippen molar-refractivity contribution in [3.8, 4) is 0 Å². The zero-order valence-corrected chi connectivity index (χ0v) is 11.3. The molecule has 0 heterocycles. The summed E-state index contributed by atoms with van der Waals surface area (Å²) >= 11 is 0. The summed E-state index contributed by atoms with van der Waals surface area (Å²) in [5.41, 5.74) is -0.271. The van der Waals surface area contributed by atoms with Crippen LogP contribution >= 0.6 is 0 Å². The highest BCUT2D eigenvalue weighted by molar-refractivity contribution is 5.92. The van der Waals surface area contributed by atoms with E-state index in [-0.39, 0.29) is 24.4 Å². The molecule has 1 rings (SSSR count). The first-order chi connectivity index (χ1) is 9.41. The Morgan fingerprint density at radius 3 is 2.40 bits per heavy atom. The van der Waals surface area contributed by atoms with Gasteiger partial charge in [-0.25, -0.2) is 8.78 Å². The second-order valence-electron chi connectivity index (χ2n) is 4.30. The Kier molecular flexibility index (Phi) is 5.83. The number of amides is 2. The first-order valence-corrected chi connectivity index (χ1v) is 6.02. The van der Waals surface area contributed by atoms with E-state index in [1.165, 1.54) is 11.0 Å². The molecule has 0 spiro atoms. The van der Waals surface area contributed by atoms with Gasteiger partial charge in [0, 0.05) is 38.7 Å². The van der Waals surface area contributed by atoms with Gasteiger partial charge >= 0.3 is 0 Å². The van der Waals surface area contributed by atoms with Crippen molar-refractivity contribution in [1.82, 2.24) is 10.2 Å². The minimum Gasteiger partial charge on any atom is -0.352 e. The molecule has 2 amide bonds. The van der Waals surface area contributed by atoms with Gasteiger partial charge in [-0.3, -0.25) is 9.59 Å². The Balaban J connectivity index is 2.50. The van der Waals surface area contributed by atoms with Crippen LogP contribution in [0.25, 0.3) is 6.08 Å². The number of halogens is 2. The second-order valence-corrected chi connectivity index (χ2v) is 4.30. The third-order valence-electron chi connectivity index (χ3n) is 2.54. The molecule has 0 bridgehead atoms. The first kappa shape index (κ1) is 15.8. The third kappa shape index (κ3) is 4.79. The normalized spacial score (nSPS) is 10.6. The van der Waals surface area contributed by atoms with E-state index in [0.29, 0.717) is 0 Å². The van der Waals surface area contributed by atoms with Crippen LogP contribution in [0.5, 0.6) is 0 Å². The second kappa shape index (κ2) is 7.37.